The second-order valence-electron chi connectivity index (χ2n) is 4.28. The molecule has 1 aromatic heterocycles. The quantitative estimate of drug-likeness (QED) is 0.589. The van der Waals surface area contributed by atoms with Crippen LogP contribution in [0.3, 0.4) is 0 Å². The lowest BCUT2D eigenvalue weighted by Gasteiger charge is -2.36. The van der Waals surface area contributed by atoms with Crippen LogP contribution >= 0.6 is 0 Å². The van der Waals surface area contributed by atoms with Crippen LogP contribution in [0.1, 0.15) is 12.7 Å². The lowest BCUT2D eigenvalue weighted by atomic mass is 9.92. The zero-order valence-corrected chi connectivity index (χ0v) is 11.1. The molecule has 0 amide bonds. The number of ether oxygens (including phenoxy) is 1. The Morgan fingerprint density at radius 3 is 2.85 bits per heavy atom. The topological polar surface area (TPSA) is 111 Å². The van der Waals surface area contributed by atoms with Crippen LogP contribution in [0.2, 0.25) is 0 Å². The zero-order chi connectivity index (χ0) is 15.3. The average Bonchev–Trinajstić information content (AvgIpc) is 2.43. The first-order valence-electron chi connectivity index (χ1n) is 5.85. The van der Waals surface area contributed by atoms with E-state index in [1.165, 1.54) is 19.3 Å². The third kappa shape index (κ3) is 3.03. The van der Waals surface area contributed by atoms with E-state index in [-0.39, 0.29) is 12.2 Å². The van der Waals surface area contributed by atoms with E-state index in [0.717, 1.165) is 6.20 Å². The molecular weight excluding hydrogens is 269 g/mol. The molecule has 8 heteroatoms. The number of aliphatic hydroxyl groups excluding tert-OH is 2. The number of hydrogen-bond acceptors (Lipinski definition) is 6. The maximum Gasteiger partial charge on any atom is 0.351 e. The van der Waals surface area contributed by atoms with Crippen LogP contribution in [0, 0.1) is 0 Å². The summed E-state index contributed by atoms with van der Waals surface area (Å²) < 4.78 is 19.9. The van der Waals surface area contributed by atoms with Gasteiger partial charge in [0.2, 0.25) is 6.30 Å². The molecule has 20 heavy (non-hydrogen) atoms. The molecule has 3 atom stereocenters. The van der Waals surface area contributed by atoms with Gasteiger partial charge in [0.1, 0.15) is 17.5 Å². The van der Waals surface area contributed by atoms with Crippen LogP contribution in [0.15, 0.2) is 29.7 Å². The minimum absolute atomic E-state index is 0.00125. The molecule has 0 saturated carbocycles. The number of rotatable bonds is 7. The number of methoxy groups -OCH3 is 1. The fourth-order valence-electron chi connectivity index (χ4n) is 1.81. The van der Waals surface area contributed by atoms with Crippen molar-refractivity contribution in [1.82, 2.24) is 9.55 Å². The monoisotopic (exact) mass is 287 g/mol. The molecule has 0 aliphatic heterocycles. The fraction of sp³-hybridized carbons (Fsp3) is 0.500. The first-order valence-corrected chi connectivity index (χ1v) is 5.85. The van der Waals surface area contributed by atoms with E-state index in [0.29, 0.717) is 4.57 Å². The van der Waals surface area contributed by atoms with Gasteiger partial charge in [0.05, 0.1) is 6.61 Å². The van der Waals surface area contributed by atoms with Gasteiger partial charge in [-0.15, -0.1) is 6.58 Å². The largest absolute Gasteiger partial charge is 0.393 e. The maximum atomic E-state index is 14.3. The Balaban J connectivity index is 3.14. The summed E-state index contributed by atoms with van der Waals surface area (Å²) in [7, 11) is 1.22. The Morgan fingerprint density at radius 2 is 2.40 bits per heavy atom. The summed E-state index contributed by atoms with van der Waals surface area (Å²) in [5.41, 5.74) is 2.76. The molecule has 112 valence electrons. The highest BCUT2D eigenvalue weighted by atomic mass is 19.1. The van der Waals surface area contributed by atoms with Gasteiger partial charge in [-0.3, -0.25) is 4.57 Å². The molecule has 0 bridgehead atoms. The van der Waals surface area contributed by atoms with E-state index in [9.17, 15) is 19.4 Å². The molecule has 1 rings (SSSR count). The van der Waals surface area contributed by atoms with Crippen molar-refractivity contribution < 1.29 is 19.3 Å². The van der Waals surface area contributed by atoms with Gasteiger partial charge in [0.15, 0.2) is 0 Å². The van der Waals surface area contributed by atoms with E-state index >= 15 is 0 Å². The maximum absolute atomic E-state index is 14.3. The minimum Gasteiger partial charge on any atom is -0.393 e. The van der Waals surface area contributed by atoms with Crippen LogP contribution in [0.4, 0.5) is 10.2 Å². The minimum atomic E-state index is -2.15. The molecule has 0 fully saturated rings. The van der Waals surface area contributed by atoms with Crippen molar-refractivity contribution in [1.29, 1.82) is 0 Å². The first-order chi connectivity index (χ1) is 9.41. The van der Waals surface area contributed by atoms with E-state index in [4.69, 9.17) is 10.5 Å². The third-order valence-electron chi connectivity index (χ3n) is 3.08. The van der Waals surface area contributed by atoms with E-state index in [1.54, 1.807) is 0 Å². The van der Waals surface area contributed by atoms with Crippen LogP contribution in [0.5, 0.6) is 0 Å². The SMILES string of the molecule is C=CC[C@](CO)(OC)[C@@H](O)[C@@H](F)n1ccc(N)nc1=O. The van der Waals surface area contributed by atoms with Gasteiger partial charge in [-0.2, -0.15) is 4.98 Å². The average molecular weight is 287 g/mol. The van der Waals surface area contributed by atoms with Crippen molar-refractivity contribution in [2.45, 2.75) is 24.4 Å². The molecule has 1 aromatic rings. The molecule has 1 heterocycles. The lowest BCUT2D eigenvalue weighted by Crippen LogP contribution is -2.51. The van der Waals surface area contributed by atoms with Crippen LogP contribution in [-0.2, 0) is 4.74 Å². The molecule has 7 nitrogen and oxygen atoms in total. The number of nitrogens with two attached hydrogens (primary N) is 1. The summed E-state index contributed by atoms with van der Waals surface area (Å²) in [6, 6.07) is 1.22. The molecule has 0 radical (unpaired) electrons. The summed E-state index contributed by atoms with van der Waals surface area (Å²) in [6.07, 6.45) is -1.50. The highest BCUT2D eigenvalue weighted by Gasteiger charge is 2.42. The van der Waals surface area contributed by atoms with Crippen LogP contribution in [0.25, 0.3) is 0 Å². The standard InChI is InChI=1S/C12H18FN3O4/c1-3-5-12(7-17,20-2)9(18)10(13)16-6-4-8(14)15-11(16)19/h3-4,6,9-10,17-18H,1,5,7H2,2H3,(H2,14,15,19)/t9-,10-,12+/m0/s1. The number of aliphatic hydroxyl groups is 2. The Bertz CT molecular complexity index is 516. The highest BCUT2D eigenvalue weighted by Crippen LogP contribution is 2.28. The van der Waals surface area contributed by atoms with E-state index in [1.807, 2.05) is 0 Å². The number of halogens is 1. The Kier molecular flexibility index (Phi) is 5.37. The number of hydrogen-bond donors (Lipinski definition) is 3. The van der Waals surface area contributed by atoms with Gasteiger partial charge in [-0.1, -0.05) is 6.08 Å². The van der Waals surface area contributed by atoms with Crippen LogP contribution < -0.4 is 11.4 Å². The summed E-state index contributed by atoms with van der Waals surface area (Å²) in [5, 5.41) is 19.4. The highest BCUT2D eigenvalue weighted by molar-refractivity contribution is 5.23. The summed E-state index contributed by atoms with van der Waals surface area (Å²) >= 11 is 0. The van der Waals surface area contributed by atoms with E-state index in [2.05, 4.69) is 11.6 Å². The second-order valence-corrected chi connectivity index (χ2v) is 4.28. The van der Waals surface area contributed by atoms with Crippen molar-refractivity contribution >= 4 is 5.82 Å². The normalized spacial score (nSPS) is 17.2. The van der Waals surface area contributed by atoms with Gasteiger partial charge in [0.25, 0.3) is 0 Å². The number of aromatic nitrogens is 2. The van der Waals surface area contributed by atoms with Gasteiger partial charge in [0, 0.05) is 13.3 Å². The Labute approximate surface area is 115 Å². The summed E-state index contributed by atoms with van der Waals surface area (Å²) in [5.74, 6) is -0.0563. The summed E-state index contributed by atoms with van der Waals surface area (Å²) in [6.45, 7) is 2.82. The number of nitrogen functional groups attached to an aromatic ring is 1. The third-order valence-corrected chi connectivity index (χ3v) is 3.08. The summed E-state index contributed by atoms with van der Waals surface area (Å²) in [4.78, 5) is 14.9. The molecular formula is C12H18FN3O4. The van der Waals surface area contributed by atoms with Gasteiger partial charge in [-0.25, -0.2) is 9.18 Å². The Hall–Kier alpha value is -1.77. The van der Waals surface area contributed by atoms with Crippen molar-refractivity contribution in [3.8, 4) is 0 Å². The van der Waals surface area contributed by atoms with E-state index < -0.39 is 30.3 Å². The molecule has 0 aliphatic rings. The van der Waals surface area contributed by atoms with Crippen molar-refractivity contribution in [2.75, 3.05) is 19.5 Å². The van der Waals surface area contributed by atoms with Crippen molar-refractivity contribution in [3.63, 3.8) is 0 Å². The van der Waals surface area contributed by atoms with Crippen LogP contribution in [-0.4, -0.2) is 45.2 Å². The lowest BCUT2D eigenvalue weighted by molar-refractivity contribution is -0.162. The number of alkyl halides is 1. The van der Waals surface area contributed by atoms with Crippen molar-refractivity contribution in [3.05, 3.63) is 35.4 Å². The Morgan fingerprint density at radius 1 is 1.75 bits per heavy atom. The van der Waals surface area contributed by atoms with Crippen molar-refractivity contribution in [2.24, 2.45) is 0 Å². The molecule has 0 aliphatic carbocycles. The predicted octanol–water partition coefficient (Wildman–Crippen LogP) is -0.392. The fourth-order valence-corrected chi connectivity index (χ4v) is 1.81. The van der Waals surface area contributed by atoms with Gasteiger partial charge < -0.3 is 20.7 Å². The molecule has 0 unspecified atom stereocenters. The van der Waals surface area contributed by atoms with Gasteiger partial charge >= 0.3 is 5.69 Å². The molecule has 4 N–H and O–H groups in total. The first kappa shape index (κ1) is 16.3. The number of anilines is 1. The smallest absolute Gasteiger partial charge is 0.351 e. The predicted molar refractivity (Wildman–Crippen MR) is 70.7 cm³/mol. The molecule has 0 aromatic carbocycles. The van der Waals surface area contributed by atoms with Gasteiger partial charge in [-0.05, 0) is 12.5 Å². The number of nitrogens with zero attached hydrogens (tertiary/aromatic N) is 2. The molecule has 0 saturated heterocycles. The second kappa shape index (κ2) is 6.60. The molecule has 0 spiro atoms. The zero-order valence-electron chi connectivity index (χ0n) is 11.1.